The number of ether oxygens (including phenoxy) is 1. The maximum atomic E-state index is 12.3. The van der Waals surface area contributed by atoms with Gasteiger partial charge in [0.1, 0.15) is 12.3 Å². The van der Waals surface area contributed by atoms with Crippen LogP contribution in [0.3, 0.4) is 0 Å². The predicted molar refractivity (Wildman–Crippen MR) is 80.6 cm³/mol. The fraction of sp³-hybridized carbons (Fsp3) is 0.467. The Hall–Kier alpha value is -1.75. The Balaban J connectivity index is 2.75. The summed E-state index contributed by atoms with van der Waals surface area (Å²) in [7, 11) is 0. The zero-order chi connectivity index (χ0) is 16.0. The molecule has 21 heavy (non-hydrogen) atoms. The first-order valence-electron chi connectivity index (χ1n) is 6.72. The largest absolute Gasteiger partial charge is 0.481 e. The average molecular weight is 314 g/mol. The van der Waals surface area contributed by atoms with Crippen molar-refractivity contribution in [1.29, 1.82) is 0 Å². The van der Waals surface area contributed by atoms with E-state index in [1.165, 1.54) is 4.90 Å². The first-order valence-corrected chi connectivity index (χ1v) is 7.10. The first-order chi connectivity index (χ1) is 9.79. The summed E-state index contributed by atoms with van der Waals surface area (Å²) in [6.45, 7) is 5.47. The van der Waals surface area contributed by atoms with Crippen molar-refractivity contribution in [2.45, 2.75) is 26.9 Å². The molecule has 0 saturated carbocycles. The van der Waals surface area contributed by atoms with Crippen LogP contribution in [0.4, 0.5) is 0 Å². The standard InChI is InChI=1S/C15H20ClNO4/c1-10(2)8-17(9-14(18)19)15(20)11(3)21-13-6-4-5-12(16)7-13/h4-7,10-11H,8-9H2,1-3H3,(H,18,19). The van der Waals surface area contributed by atoms with Gasteiger partial charge in [0.05, 0.1) is 0 Å². The van der Waals surface area contributed by atoms with Gasteiger partial charge < -0.3 is 14.7 Å². The molecule has 1 aromatic rings. The molecule has 0 heterocycles. The van der Waals surface area contributed by atoms with Crippen LogP contribution in [0.5, 0.6) is 5.75 Å². The highest BCUT2D eigenvalue weighted by Gasteiger charge is 2.24. The van der Waals surface area contributed by atoms with Gasteiger partial charge in [0.2, 0.25) is 0 Å². The number of carbonyl (C=O) groups is 2. The van der Waals surface area contributed by atoms with Crippen LogP contribution in [0.2, 0.25) is 5.02 Å². The Kier molecular flexibility index (Phi) is 6.49. The number of hydrogen-bond donors (Lipinski definition) is 1. The molecule has 1 N–H and O–H groups in total. The number of amides is 1. The summed E-state index contributed by atoms with van der Waals surface area (Å²) < 4.78 is 5.53. The predicted octanol–water partition coefficient (Wildman–Crippen LogP) is 2.68. The van der Waals surface area contributed by atoms with Crippen LogP contribution in [-0.4, -0.2) is 41.1 Å². The van der Waals surface area contributed by atoms with E-state index >= 15 is 0 Å². The molecule has 0 saturated heterocycles. The van der Waals surface area contributed by atoms with Gasteiger partial charge in [-0.15, -0.1) is 0 Å². The SMILES string of the molecule is CC(C)CN(CC(=O)O)C(=O)C(C)Oc1cccc(Cl)c1. The number of nitrogens with zero attached hydrogens (tertiary/aromatic N) is 1. The Morgan fingerprint density at radius 2 is 2.00 bits per heavy atom. The van der Waals surface area contributed by atoms with E-state index in [-0.39, 0.29) is 18.4 Å². The number of aliphatic carboxylic acids is 1. The lowest BCUT2D eigenvalue weighted by molar-refractivity contribution is -0.147. The summed E-state index contributed by atoms with van der Waals surface area (Å²) in [5, 5.41) is 9.41. The molecule has 1 amide bonds. The van der Waals surface area contributed by atoms with Crippen LogP contribution in [0.1, 0.15) is 20.8 Å². The molecule has 0 fully saturated rings. The van der Waals surface area contributed by atoms with E-state index in [0.717, 1.165) is 0 Å². The Labute approximate surface area is 129 Å². The van der Waals surface area contributed by atoms with Crippen LogP contribution < -0.4 is 4.74 Å². The van der Waals surface area contributed by atoms with E-state index in [4.69, 9.17) is 21.4 Å². The second-order valence-electron chi connectivity index (χ2n) is 5.22. The van der Waals surface area contributed by atoms with Gasteiger partial charge in [-0.1, -0.05) is 31.5 Å². The average Bonchev–Trinajstić information content (AvgIpc) is 2.35. The van der Waals surface area contributed by atoms with Gasteiger partial charge in [-0.2, -0.15) is 0 Å². The summed E-state index contributed by atoms with van der Waals surface area (Å²) in [6.07, 6.45) is -0.776. The Bertz CT molecular complexity index is 504. The quantitative estimate of drug-likeness (QED) is 0.840. The zero-order valence-corrected chi connectivity index (χ0v) is 13.1. The molecular formula is C15H20ClNO4. The van der Waals surface area contributed by atoms with Crippen LogP contribution in [-0.2, 0) is 9.59 Å². The van der Waals surface area contributed by atoms with Gasteiger partial charge in [0.25, 0.3) is 5.91 Å². The van der Waals surface area contributed by atoms with Crippen LogP contribution in [0, 0.1) is 5.92 Å². The second kappa shape index (κ2) is 7.88. The lowest BCUT2D eigenvalue weighted by atomic mass is 10.2. The van der Waals surface area contributed by atoms with Crippen LogP contribution >= 0.6 is 11.6 Å². The van der Waals surface area contributed by atoms with E-state index in [1.807, 2.05) is 13.8 Å². The normalized spacial score (nSPS) is 12.0. The minimum Gasteiger partial charge on any atom is -0.481 e. The summed E-state index contributed by atoms with van der Waals surface area (Å²) in [5.74, 6) is -0.750. The van der Waals surface area contributed by atoms with E-state index in [9.17, 15) is 9.59 Å². The zero-order valence-electron chi connectivity index (χ0n) is 12.4. The lowest BCUT2D eigenvalue weighted by Crippen LogP contribution is -2.44. The van der Waals surface area contributed by atoms with Gasteiger partial charge in [0, 0.05) is 11.6 Å². The molecule has 0 aliphatic carbocycles. The van der Waals surface area contributed by atoms with Gasteiger partial charge in [-0.05, 0) is 31.0 Å². The van der Waals surface area contributed by atoms with Crippen molar-refractivity contribution in [2.24, 2.45) is 5.92 Å². The molecule has 1 aromatic carbocycles. The minimum absolute atomic E-state index is 0.173. The summed E-state index contributed by atoms with van der Waals surface area (Å²) in [5.41, 5.74) is 0. The van der Waals surface area contributed by atoms with Crippen molar-refractivity contribution in [3.8, 4) is 5.75 Å². The summed E-state index contributed by atoms with van der Waals surface area (Å²) in [4.78, 5) is 24.5. The van der Waals surface area contributed by atoms with E-state index in [2.05, 4.69) is 0 Å². The maximum Gasteiger partial charge on any atom is 0.323 e. The topological polar surface area (TPSA) is 66.8 Å². The molecule has 5 nitrogen and oxygen atoms in total. The van der Waals surface area contributed by atoms with Crippen molar-refractivity contribution in [1.82, 2.24) is 4.90 Å². The highest BCUT2D eigenvalue weighted by molar-refractivity contribution is 6.30. The van der Waals surface area contributed by atoms with Crippen LogP contribution in [0.25, 0.3) is 0 Å². The first kappa shape index (κ1) is 17.3. The molecule has 0 aromatic heterocycles. The lowest BCUT2D eigenvalue weighted by Gasteiger charge is -2.26. The fourth-order valence-corrected chi connectivity index (χ4v) is 2.07. The van der Waals surface area contributed by atoms with Gasteiger partial charge >= 0.3 is 5.97 Å². The smallest absolute Gasteiger partial charge is 0.323 e. The number of carboxylic acid groups (broad SMARTS) is 1. The fourth-order valence-electron chi connectivity index (χ4n) is 1.89. The molecule has 116 valence electrons. The van der Waals surface area contributed by atoms with Gasteiger partial charge in [-0.25, -0.2) is 0 Å². The third kappa shape index (κ3) is 6.04. The van der Waals surface area contributed by atoms with Crippen molar-refractivity contribution in [3.05, 3.63) is 29.3 Å². The number of carbonyl (C=O) groups excluding carboxylic acids is 1. The second-order valence-corrected chi connectivity index (χ2v) is 5.66. The molecule has 0 radical (unpaired) electrons. The van der Waals surface area contributed by atoms with Crippen molar-refractivity contribution in [2.75, 3.05) is 13.1 Å². The van der Waals surface area contributed by atoms with Crippen molar-refractivity contribution in [3.63, 3.8) is 0 Å². The number of benzene rings is 1. The van der Waals surface area contributed by atoms with Crippen molar-refractivity contribution < 1.29 is 19.4 Å². The van der Waals surface area contributed by atoms with E-state index in [1.54, 1.807) is 31.2 Å². The molecule has 1 atom stereocenters. The van der Waals surface area contributed by atoms with E-state index in [0.29, 0.717) is 17.3 Å². The molecule has 0 bridgehead atoms. The number of hydrogen-bond acceptors (Lipinski definition) is 3. The number of halogens is 1. The van der Waals surface area contributed by atoms with Gasteiger partial charge in [0.15, 0.2) is 6.10 Å². The van der Waals surface area contributed by atoms with E-state index < -0.39 is 12.1 Å². The molecule has 1 rings (SSSR count). The summed E-state index contributed by atoms with van der Waals surface area (Å²) >= 11 is 5.86. The van der Waals surface area contributed by atoms with Crippen LogP contribution in [0.15, 0.2) is 24.3 Å². The number of carboxylic acids is 1. The third-order valence-electron chi connectivity index (χ3n) is 2.68. The van der Waals surface area contributed by atoms with Crippen molar-refractivity contribution >= 4 is 23.5 Å². The van der Waals surface area contributed by atoms with Gasteiger partial charge in [-0.3, -0.25) is 9.59 Å². The maximum absolute atomic E-state index is 12.3. The molecular weight excluding hydrogens is 294 g/mol. The minimum atomic E-state index is -1.04. The Morgan fingerprint density at radius 3 is 2.52 bits per heavy atom. The molecule has 1 unspecified atom stereocenters. The third-order valence-corrected chi connectivity index (χ3v) is 2.92. The number of rotatable bonds is 7. The molecule has 0 aliphatic heterocycles. The molecule has 0 aliphatic rings. The molecule has 6 heteroatoms. The highest BCUT2D eigenvalue weighted by atomic mass is 35.5. The Morgan fingerprint density at radius 1 is 1.33 bits per heavy atom. The molecule has 0 spiro atoms. The summed E-state index contributed by atoms with van der Waals surface area (Å²) in [6, 6.07) is 6.73. The monoisotopic (exact) mass is 313 g/mol. The highest BCUT2D eigenvalue weighted by Crippen LogP contribution is 2.19.